The van der Waals surface area contributed by atoms with Gasteiger partial charge in [-0.25, -0.2) is 17.9 Å². The average molecular weight is 293 g/mol. The Morgan fingerprint density at radius 1 is 1.21 bits per heavy atom. The normalized spacial score (nSPS) is 11.5. The third-order valence-electron chi connectivity index (χ3n) is 2.15. The molecule has 0 aromatic heterocycles. The van der Waals surface area contributed by atoms with Crippen molar-refractivity contribution in [2.75, 3.05) is 33.5 Å². The lowest BCUT2D eigenvalue weighted by molar-refractivity contribution is 0.0538. The Labute approximate surface area is 111 Å². The number of rotatable bonds is 8. The summed E-state index contributed by atoms with van der Waals surface area (Å²) in [5, 5.41) is 4.88. The first-order valence-corrected chi connectivity index (χ1v) is 7.01. The van der Waals surface area contributed by atoms with Crippen molar-refractivity contribution in [2.45, 2.75) is 4.90 Å². The Morgan fingerprint density at radius 3 is 2.47 bits per heavy atom. The zero-order valence-corrected chi connectivity index (χ0v) is 11.3. The van der Waals surface area contributed by atoms with Gasteiger partial charge in [0.05, 0.1) is 24.7 Å². The summed E-state index contributed by atoms with van der Waals surface area (Å²) in [6, 6.07) is 3.21. The fourth-order valence-electron chi connectivity index (χ4n) is 1.23. The minimum absolute atomic E-state index is 0.0530. The molecule has 1 aromatic rings. The Morgan fingerprint density at radius 2 is 1.89 bits per heavy atom. The van der Waals surface area contributed by atoms with Crippen LogP contribution in [0.15, 0.2) is 23.1 Å². The molecule has 0 fully saturated rings. The van der Waals surface area contributed by atoms with Crippen molar-refractivity contribution in [3.63, 3.8) is 0 Å². The molecule has 0 amide bonds. The van der Waals surface area contributed by atoms with E-state index in [1.807, 2.05) is 0 Å². The molecule has 0 bridgehead atoms. The zero-order chi connectivity index (χ0) is 14.3. The van der Waals surface area contributed by atoms with Gasteiger partial charge in [0.1, 0.15) is 6.61 Å². The molecule has 1 rings (SSSR count). The summed E-state index contributed by atoms with van der Waals surface area (Å²) in [7, 11) is -2.35. The topological polar surface area (TPSA) is 87.8 Å². The molecular formula is C11H16FNO5S. The van der Waals surface area contributed by atoms with E-state index in [4.69, 9.17) is 19.3 Å². The molecule has 0 aliphatic rings. The van der Waals surface area contributed by atoms with E-state index in [1.165, 1.54) is 12.1 Å². The molecule has 0 aliphatic heterocycles. The van der Waals surface area contributed by atoms with Gasteiger partial charge in [-0.3, -0.25) is 0 Å². The monoisotopic (exact) mass is 293 g/mol. The molecule has 1 aromatic carbocycles. The second kappa shape index (κ2) is 7.39. The van der Waals surface area contributed by atoms with Gasteiger partial charge in [0.25, 0.3) is 0 Å². The highest BCUT2D eigenvalue weighted by atomic mass is 32.2. The molecule has 6 nitrogen and oxygen atoms in total. The average Bonchev–Trinajstić information content (AvgIpc) is 2.34. The van der Waals surface area contributed by atoms with Gasteiger partial charge in [-0.05, 0) is 18.2 Å². The Balaban J connectivity index is 2.47. The predicted octanol–water partition coefficient (Wildman–Crippen LogP) is 0.515. The van der Waals surface area contributed by atoms with Gasteiger partial charge >= 0.3 is 0 Å². The van der Waals surface area contributed by atoms with Crippen LogP contribution in [0.3, 0.4) is 0 Å². The van der Waals surface area contributed by atoms with E-state index < -0.39 is 15.8 Å². The van der Waals surface area contributed by atoms with Gasteiger partial charge in [-0.15, -0.1) is 0 Å². The van der Waals surface area contributed by atoms with E-state index in [-0.39, 0.29) is 23.9 Å². The predicted molar refractivity (Wildman–Crippen MR) is 66.0 cm³/mol. The van der Waals surface area contributed by atoms with Crippen LogP contribution in [0.2, 0.25) is 0 Å². The molecule has 0 radical (unpaired) electrons. The first kappa shape index (κ1) is 15.8. The summed E-state index contributed by atoms with van der Waals surface area (Å²) in [5.41, 5.74) is 0. The molecular weight excluding hydrogens is 277 g/mol. The van der Waals surface area contributed by atoms with E-state index in [2.05, 4.69) is 0 Å². The first-order valence-electron chi connectivity index (χ1n) is 5.47. The zero-order valence-electron chi connectivity index (χ0n) is 10.5. The van der Waals surface area contributed by atoms with Crippen LogP contribution >= 0.6 is 0 Å². The number of sulfonamides is 1. The van der Waals surface area contributed by atoms with Gasteiger partial charge in [0, 0.05) is 7.11 Å². The fraction of sp³-hybridized carbons (Fsp3) is 0.455. The van der Waals surface area contributed by atoms with Crippen LogP contribution < -0.4 is 9.88 Å². The summed E-state index contributed by atoms with van der Waals surface area (Å²) >= 11 is 0. The third-order valence-corrected chi connectivity index (χ3v) is 3.06. The number of nitrogens with two attached hydrogens (primary N) is 1. The third kappa shape index (κ3) is 5.52. The number of primary sulfonamides is 1. The molecule has 0 atom stereocenters. The van der Waals surface area contributed by atoms with Crippen molar-refractivity contribution >= 4 is 10.0 Å². The molecule has 8 heteroatoms. The Hall–Kier alpha value is -1.22. The van der Waals surface area contributed by atoms with Crippen molar-refractivity contribution in [3.05, 3.63) is 24.0 Å². The molecule has 0 heterocycles. The minimum atomic E-state index is -3.91. The molecule has 0 unspecified atom stereocenters. The Bertz CT molecular complexity index is 506. The van der Waals surface area contributed by atoms with E-state index in [1.54, 1.807) is 7.11 Å². The van der Waals surface area contributed by atoms with Gasteiger partial charge < -0.3 is 14.2 Å². The minimum Gasteiger partial charge on any atom is -0.488 e. The summed E-state index contributed by atoms with van der Waals surface area (Å²) in [6.07, 6.45) is 0. The van der Waals surface area contributed by atoms with E-state index >= 15 is 0 Å². The van der Waals surface area contributed by atoms with Crippen LogP contribution in [-0.4, -0.2) is 42.0 Å². The van der Waals surface area contributed by atoms with Crippen molar-refractivity contribution in [3.8, 4) is 5.75 Å². The number of hydrogen-bond donors (Lipinski definition) is 1. The van der Waals surface area contributed by atoms with Gasteiger partial charge in [-0.2, -0.15) is 0 Å². The summed E-state index contributed by atoms with van der Waals surface area (Å²) in [5.74, 6) is -0.842. The maximum absolute atomic E-state index is 13.5. The van der Waals surface area contributed by atoms with Crippen LogP contribution in [0.25, 0.3) is 0 Å². The number of halogens is 1. The molecule has 0 saturated carbocycles. The highest BCUT2D eigenvalue weighted by Gasteiger charge is 2.12. The van der Waals surface area contributed by atoms with Crippen LogP contribution in [0.4, 0.5) is 4.39 Å². The fourth-order valence-corrected chi connectivity index (χ4v) is 1.76. The summed E-state index contributed by atoms with van der Waals surface area (Å²) in [4.78, 5) is -0.298. The van der Waals surface area contributed by atoms with E-state index in [0.717, 1.165) is 6.07 Å². The largest absolute Gasteiger partial charge is 0.488 e. The quantitative estimate of drug-likeness (QED) is 0.706. The molecule has 0 saturated heterocycles. The van der Waals surface area contributed by atoms with Gasteiger partial charge in [0.15, 0.2) is 11.6 Å². The number of benzene rings is 1. The molecule has 0 aliphatic carbocycles. The van der Waals surface area contributed by atoms with Crippen LogP contribution in [0, 0.1) is 5.82 Å². The lowest BCUT2D eigenvalue weighted by Gasteiger charge is -2.08. The number of methoxy groups -OCH3 is 1. The number of ether oxygens (including phenoxy) is 3. The Kier molecular flexibility index (Phi) is 6.16. The highest BCUT2D eigenvalue weighted by molar-refractivity contribution is 7.89. The second-order valence-electron chi connectivity index (χ2n) is 3.59. The van der Waals surface area contributed by atoms with Crippen molar-refractivity contribution in [1.29, 1.82) is 0 Å². The van der Waals surface area contributed by atoms with Crippen molar-refractivity contribution < 1.29 is 27.0 Å². The SMILES string of the molecule is COCCOCCOc1ccc(S(N)(=O)=O)cc1F. The molecule has 2 N–H and O–H groups in total. The van der Waals surface area contributed by atoms with Crippen molar-refractivity contribution in [2.24, 2.45) is 5.14 Å². The lowest BCUT2D eigenvalue weighted by Crippen LogP contribution is -2.13. The lowest BCUT2D eigenvalue weighted by atomic mass is 10.3. The molecule has 19 heavy (non-hydrogen) atoms. The first-order chi connectivity index (χ1) is 8.95. The van der Waals surface area contributed by atoms with Crippen LogP contribution in [0.1, 0.15) is 0 Å². The maximum atomic E-state index is 13.5. The van der Waals surface area contributed by atoms with Crippen molar-refractivity contribution in [1.82, 2.24) is 0 Å². The highest BCUT2D eigenvalue weighted by Crippen LogP contribution is 2.20. The van der Waals surface area contributed by atoms with Crippen LogP contribution in [0.5, 0.6) is 5.75 Å². The number of hydrogen-bond acceptors (Lipinski definition) is 5. The standard InChI is InChI=1S/C11H16FNO5S/c1-16-4-5-17-6-7-18-11-3-2-9(8-10(11)12)19(13,14)15/h2-3,8H,4-7H2,1H3,(H2,13,14,15). The smallest absolute Gasteiger partial charge is 0.238 e. The van der Waals surface area contributed by atoms with Crippen LogP contribution in [-0.2, 0) is 19.5 Å². The summed E-state index contributed by atoms with van der Waals surface area (Å²) < 4.78 is 50.5. The molecule has 108 valence electrons. The van der Waals surface area contributed by atoms with E-state index in [0.29, 0.717) is 13.2 Å². The second-order valence-corrected chi connectivity index (χ2v) is 5.15. The maximum Gasteiger partial charge on any atom is 0.238 e. The van der Waals surface area contributed by atoms with E-state index in [9.17, 15) is 12.8 Å². The summed E-state index contributed by atoms with van der Waals surface area (Å²) in [6.45, 7) is 1.32. The van der Waals surface area contributed by atoms with Gasteiger partial charge in [0.2, 0.25) is 10.0 Å². The van der Waals surface area contributed by atoms with Gasteiger partial charge in [-0.1, -0.05) is 0 Å². The molecule has 0 spiro atoms.